The number of amides is 2. The fraction of sp³-hybridized carbons (Fsp3) is 0.292. The number of carbonyl (C=O) groups excluding carboxylic acids is 3. The molecule has 7 nitrogen and oxygen atoms in total. The molecule has 2 aromatic carbocycles. The number of hydrogen-bond acceptors (Lipinski definition) is 7. The molecule has 1 heterocycles. The summed E-state index contributed by atoms with van der Waals surface area (Å²) in [5.74, 6) is -0.512. The van der Waals surface area contributed by atoms with E-state index in [0.717, 1.165) is 22.2 Å². The second kappa shape index (κ2) is 11.6. The summed E-state index contributed by atoms with van der Waals surface area (Å²) in [6.45, 7) is 5.29. The molecule has 0 N–H and O–H groups in total. The van der Waals surface area contributed by atoms with Gasteiger partial charge in [-0.25, -0.2) is 0 Å². The molecule has 3 rings (SSSR count). The molecule has 1 aliphatic heterocycles. The van der Waals surface area contributed by atoms with Crippen molar-refractivity contribution in [1.82, 2.24) is 4.90 Å². The number of ether oxygens (including phenoxy) is 3. The van der Waals surface area contributed by atoms with E-state index in [9.17, 15) is 14.4 Å². The fourth-order valence-electron chi connectivity index (χ4n) is 3.06. The summed E-state index contributed by atoms with van der Waals surface area (Å²) < 4.78 is 16.6. The Hall–Kier alpha value is -2.68. The molecule has 1 saturated heterocycles. The lowest BCUT2D eigenvalue weighted by atomic mass is 10.1. The lowest BCUT2D eigenvalue weighted by Gasteiger charge is -2.15. The molecular formula is C24H23Cl2NO6S. The first-order valence-electron chi connectivity index (χ1n) is 10.5. The molecule has 1 aliphatic rings. The largest absolute Gasteiger partial charge is 0.490 e. The van der Waals surface area contributed by atoms with Gasteiger partial charge in [-0.05, 0) is 62.4 Å². The third-order valence-corrected chi connectivity index (χ3v) is 6.04. The minimum Gasteiger partial charge on any atom is -0.490 e. The number of rotatable bonds is 9. The molecule has 0 saturated carbocycles. The van der Waals surface area contributed by atoms with Gasteiger partial charge in [0.15, 0.2) is 11.5 Å². The number of carbonyl (C=O) groups is 3. The van der Waals surface area contributed by atoms with Crippen LogP contribution in [0.4, 0.5) is 4.79 Å². The van der Waals surface area contributed by atoms with Crippen molar-refractivity contribution in [2.45, 2.75) is 33.5 Å². The van der Waals surface area contributed by atoms with Crippen molar-refractivity contribution in [3.63, 3.8) is 0 Å². The van der Waals surface area contributed by atoms with Crippen LogP contribution in [0.5, 0.6) is 11.5 Å². The lowest BCUT2D eigenvalue weighted by molar-refractivity contribution is -0.149. The zero-order valence-electron chi connectivity index (χ0n) is 18.8. The van der Waals surface area contributed by atoms with E-state index >= 15 is 0 Å². The molecule has 0 radical (unpaired) electrons. The first-order valence-corrected chi connectivity index (χ1v) is 12.0. The maximum absolute atomic E-state index is 12.7. The molecule has 0 unspecified atom stereocenters. The second-order valence-electron chi connectivity index (χ2n) is 7.45. The number of hydrogen-bond donors (Lipinski definition) is 0. The molecule has 10 heteroatoms. The molecule has 1 fully saturated rings. The van der Waals surface area contributed by atoms with Gasteiger partial charge in [-0.3, -0.25) is 19.3 Å². The molecule has 0 spiro atoms. The molecule has 2 aromatic rings. The van der Waals surface area contributed by atoms with Crippen LogP contribution in [0.3, 0.4) is 0 Å². The highest BCUT2D eigenvalue weighted by Gasteiger charge is 2.37. The van der Waals surface area contributed by atoms with E-state index in [1.54, 1.807) is 32.0 Å². The van der Waals surface area contributed by atoms with Gasteiger partial charge in [-0.15, -0.1) is 0 Å². The van der Waals surface area contributed by atoms with Crippen molar-refractivity contribution < 1.29 is 28.6 Å². The maximum atomic E-state index is 12.7. The number of esters is 1. The van der Waals surface area contributed by atoms with Crippen molar-refractivity contribution in [2.24, 2.45) is 0 Å². The highest BCUT2D eigenvalue weighted by Crippen LogP contribution is 2.39. The SMILES string of the molecule is CCOc1cc(/C=C2/SC(=O)N(CC(=O)OC(C)C)C2=O)cc(Cl)c1OCc1ccccc1Cl. The molecule has 34 heavy (non-hydrogen) atoms. The average molecular weight is 524 g/mol. The van der Waals surface area contributed by atoms with Crippen molar-refractivity contribution in [2.75, 3.05) is 13.2 Å². The zero-order chi connectivity index (χ0) is 24.8. The van der Waals surface area contributed by atoms with Crippen molar-refractivity contribution >= 4 is 58.2 Å². The third kappa shape index (κ3) is 6.46. The van der Waals surface area contributed by atoms with E-state index in [1.165, 1.54) is 6.08 Å². The Morgan fingerprint density at radius 1 is 1.12 bits per heavy atom. The summed E-state index contributed by atoms with van der Waals surface area (Å²) in [5, 5.41) is 0.290. The van der Waals surface area contributed by atoms with E-state index in [2.05, 4.69) is 0 Å². The molecule has 2 amide bonds. The fourth-order valence-corrected chi connectivity index (χ4v) is 4.36. The van der Waals surface area contributed by atoms with Gasteiger partial charge >= 0.3 is 5.97 Å². The second-order valence-corrected chi connectivity index (χ2v) is 9.26. The van der Waals surface area contributed by atoms with Gasteiger partial charge in [0.25, 0.3) is 11.1 Å². The minimum absolute atomic E-state index is 0.158. The number of benzene rings is 2. The van der Waals surface area contributed by atoms with Gasteiger partial charge < -0.3 is 14.2 Å². The summed E-state index contributed by atoms with van der Waals surface area (Å²) in [6, 6.07) is 10.6. The Labute approximate surface area is 211 Å². The summed E-state index contributed by atoms with van der Waals surface area (Å²) in [7, 11) is 0. The first kappa shape index (κ1) is 25.9. The summed E-state index contributed by atoms with van der Waals surface area (Å²) in [5.41, 5.74) is 1.32. The van der Waals surface area contributed by atoms with Crippen molar-refractivity contribution in [3.8, 4) is 11.5 Å². The van der Waals surface area contributed by atoms with Crippen LogP contribution in [0.1, 0.15) is 31.9 Å². The first-order chi connectivity index (χ1) is 16.2. The number of imide groups is 1. The van der Waals surface area contributed by atoms with E-state index in [0.29, 0.717) is 28.7 Å². The Morgan fingerprint density at radius 2 is 1.85 bits per heavy atom. The van der Waals surface area contributed by atoms with Crippen LogP contribution in [-0.2, 0) is 20.9 Å². The molecule has 180 valence electrons. The zero-order valence-corrected chi connectivity index (χ0v) is 21.1. The maximum Gasteiger partial charge on any atom is 0.326 e. The molecule has 0 aromatic heterocycles. The Morgan fingerprint density at radius 3 is 2.53 bits per heavy atom. The number of halogens is 2. The third-order valence-electron chi connectivity index (χ3n) is 4.49. The predicted molar refractivity (Wildman–Crippen MR) is 132 cm³/mol. The smallest absolute Gasteiger partial charge is 0.326 e. The quantitative estimate of drug-likeness (QED) is 0.296. The van der Waals surface area contributed by atoms with Crippen LogP contribution in [0.15, 0.2) is 41.3 Å². The van der Waals surface area contributed by atoms with Crippen LogP contribution in [0.25, 0.3) is 6.08 Å². The Kier molecular flexibility index (Phi) is 8.88. The van der Waals surface area contributed by atoms with Gasteiger partial charge in [-0.1, -0.05) is 41.4 Å². The predicted octanol–water partition coefficient (Wildman–Crippen LogP) is 5.96. The van der Waals surface area contributed by atoms with E-state index in [1.807, 2.05) is 25.1 Å². The molecule has 0 aliphatic carbocycles. The average Bonchev–Trinajstić information content (AvgIpc) is 3.01. The number of thioether (sulfide) groups is 1. The standard InChI is InChI=1S/C24H23Cl2NO6S/c1-4-31-19-10-15(9-18(26)22(19)32-13-16-7-5-6-8-17(16)25)11-20-23(29)27(24(30)34-20)12-21(28)33-14(2)3/h5-11,14H,4,12-13H2,1-3H3/b20-11+. The highest BCUT2D eigenvalue weighted by atomic mass is 35.5. The molecule has 0 atom stereocenters. The van der Waals surface area contributed by atoms with Gasteiger partial charge in [-0.2, -0.15) is 0 Å². The van der Waals surface area contributed by atoms with Crippen LogP contribution in [0, 0.1) is 0 Å². The molecular weight excluding hydrogens is 501 g/mol. The van der Waals surface area contributed by atoms with Crippen molar-refractivity contribution in [3.05, 3.63) is 62.5 Å². The molecule has 0 bridgehead atoms. The van der Waals surface area contributed by atoms with Gasteiger partial charge in [0.1, 0.15) is 13.2 Å². The van der Waals surface area contributed by atoms with Gasteiger partial charge in [0.05, 0.1) is 22.6 Å². The monoisotopic (exact) mass is 523 g/mol. The van der Waals surface area contributed by atoms with E-state index in [-0.39, 0.29) is 22.6 Å². The van der Waals surface area contributed by atoms with Crippen LogP contribution < -0.4 is 9.47 Å². The van der Waals surface area contributed by atoms with E-state index in [4.69, 9.17) is 37.4 Å². The Bertz CT molecular complexity index is 1130. The summed E-state index contributed by atoms with van der Waals surface area (Å²) in [6.07, 6.45) is 1.17. The summed E-state index contributed by atoms with van der Waals surface area (Å²) in [4.78, 5) is 37.9. The Balaban J connectivity index is 1.82. The highest BCUT2D eigenvalue weighted by molar-refractivity contribution is 8.18. The van der Waals surface area contributed by atoms with Gasteiger partial charge in [0.2, 0.25) is 0 Å². The van der Waals surface area contributed by atoms with Crippen molar-refractivity contribution in [1.29, 1.82) is 0 Å². The normalized spacial score (nSPS) is 14.8. The summed E-state index contributed by atoms with van der Waals surface area (Å²) >= 11 is 13.4. The van der Waals surface area contributed by atoms with Crippen LogP contribution >= 0.6 is 35.0 Å². The van der Waals surface area contributed by atoms with Crippen LogP contribution in [-0.4, -0.2) is 41.3 Å². The van der Waals surface area contributed by atoms with E-state index < -0.39 is 23.7 Å². The minimum atomic E-state index is -0.653. The topological polar surface area (TPSA) is 82.1 Å². The van der Waals surface area contributed by atoms with Gasteiger partial charge in [0, 0.05) is 10.6 Å². The lowest BCUT2D eigenvalue weighted by Crippen LogP contribution is -2.35. The number of nitrogens with zero attached hydrogens (tertiary/aromatic N) is 1. The van der Waals surface area contributed by atoms with Crippen LogP contribution in [0.2, 0.25) is 10.0 Å².